The second-order valence-electron chi connectivity index (χ2n) is 4.14. The van der Waals surface area contributed by atoms with E-state index in [1.807, 2.05) is 6.07 Å². The van der Waals surface area contributed by atoms with Gasteiger partial charge in [0.2, 0.25) is 5.95 Å². The van der Waals surface area contributed by atoms with Crippen molar-refractivity contribution in [2.45, 2.75) is 25.3 Å². The molecule has 2 atom stereocenters. The Morgan fingerprint density at radius 2 is 2.38 bits per heavy atom. The fraction of sp³-hybridized carbons (Fsp3) is 0.636. The summed E-state index contributed by atoms with van der Waals surface area (Å²) in [6.45, 7) is 0.252. The molecule has 1 saturated carbocycles. The Hall–Kier alpha value is -1.36. The zero-order valence-corrected chi connectivity index (χ0v) is 9.48. The van der Waals surface area contributed by atoms with E-state index in [-0.39, 0.29) is 6.61 Å². The van der Waals surface area contributed by atoms with Crippen LogP contribution in [0.25, 0.3) is 0 Å². The first-order valence-corrected chi connectivity index (χ1v) is 5.71. The van der Waals surface area contributed by atoms with Crippen molar-refractivity contribution in [3.8, 4) is 0 Å². The van der Waals surface area contributed by atoms with E-state index in [0.29, 0.717) is 17.9 Å². The predicted molar refractivity (Wildman–Crippen MR) is 63.4 cm³/mol. The van der Waals surface area contributed by atoms with Crippen molar-refractivity contribution >= 4 is 11.8 Å². The van der Waals surface area contributed by atoms with Gasteiger partial charge >= 0.3 is 0 Å². The van der Waals surface area contributed by atoms with Gasteiger partial charge in [-0.15, -0.1) is 0 Å². The highest BCUT2D eigenvalue weighted by atomic mass is 16.3. The van der Waals surface area contributed by atoms with Gasteiger partial charge in [-0.2, -0.15) is 4.98 Å². The first-order chi connectivity index (χ1) is 7.83. The number of nitrogens with one attached hydrogen (secondary N) is 2. The molecular weight excluding hydrogens is 204 g/mol. The van der Waals surface area contributed by atoms with Gasteiger partial charge in [-0.1, -0.05) is 6.42 Å². The maximum Gasteiger partial charge on any atom is 0.224 e. The number of hydrogen-bond acceptors (Lipinski definition) is 5. The summed E-state index contributed by atoms with van der Waals surface area (Å²) in [5, 5.41) is 15.5. The van der Waals surface area contributed by atoms with Gasteiger partial charge in [-0.05, 0) is 18.9 Å². The topological polar surface area (TPSA) is 70.1 Å². The maximum atomic E-state index is 9.23. The third kappa shape index (κ3) is 2.41. The lowest BCUT2D eigenvalue weighted by atomic mass is 10.1. The molecular formula is C11H18N4O. The average Bonchev–Trinajstić information content (AvgIpc) is 2.76. The molecule has 5 nitrogen and oxygen atoms in total. The van der Waals surface area contributed by atoms with Crippen LogP contribution in [0.3, 0.4) is 0 Å². The molecule has 3 N–H and O–H groups in total. The predicted octanol–water partition coefficient (Wildman–Crippen LogP) is 1.09. The van der Waals surface area contributed by atoms with Crippen LogP contribution < -0.4 is 10.6 Å². The van der Waals surface area contributed by atoms with E-state index in [2.05, 4.69) is 20.6 Å². The lowest BCUT2D eigenvalue weighted by Crippen LogP contribution is -2.26. The molecule has 1 aliphatic rings. The number of aliphatic hydroxyl groups is 1. The van der Waals surface area contributed by atoms with Crippen LogP contribution in [-0.4, -0.2) is 34.8 Å². The third-order valence-corrected chi connectivity index (χ3v) is 3.11. The molecule has 0 spiro atoms. The summed E-state index contributed by atoms with van der Waals surface area (Å²) in [5.74, 6) is 1.79. The molecule has 2 rings (SSSR count). The number of nitrogens with zero attached hydrogens (tertiary/aromatic N) is 2. The first kappa shape index (κ1) is 11.1. The van der Waals surface area contributed by atoms with Gasteiger partial charge in [-0.25, -0.2) is 4.98 Å². The largest absolute Gasteiger partial charge is 0.396 e. The first-order valence-electron chi connectivity index (χ1n) is 5.71. The second-order valence-corrected chi connectivity index (χ2v) is 4.14. The van der Waals surface area contributed by atoms with Crippen molar-refractivity contribution in [2.75, 3.05) is 24.3 Å². The molecule has 16 heavy (non-hydrogen) atoms. The Balaban J connectivity index is 2.02. The van der Waals surface area contributed by atoms with Gasteiger partial charge in [0.15, 0.2) is 0 Å². The van der Waals surface area contributed by atoms with Crippen LogP contribution in [0.2, 0.25) is 0 Å². The molecule has 0 aliphatic heterocycles. The lowest BCUT2D eigenvalue weighted by Gasteiger charge is -2.19. The second kappa shape index (κ2) is 5.12. The van der Waals surface area contributed by atoms with Crippen molar-refractivity contribution < 1.29 is 5.11 Å². The summed E-state index contributed by atoms with van der Waals surface area (Å²) in [6.07, 6.45) is 5.10. The summed E-state index contributed by atoms with van der Waals surface area (Å²) in [5.41, 5.74) is 0. The molecule has 1 heterocycles. The Bertz CT molecular complexity index is 345. The molecule has 88 valence electrons. The fourth-order valence-electron chi connectivity index (χ4n) is 2.19. The van der Waals surface area contributed by atoms with E-state index in [4.69, 9.17) is 0 Å². The van der Waals surface area contributed by atoms with Crippen LogP contribution in [0.5, 0.6) is 0 Å². The summed E-state index contributed by atoms with van der Waals surface area (Å²) in [7, 11) is 1.80. The van der Waals surface area contributed by atoms with E-state index in [1.165, 1.54) is 6.42 Å². The monoisotopic (exact) mass is 222 g/mol. The highest BCUT2D eigenvalue weighted by molar-refractivity contribution is 5.40. The van der Waals surface area contributed by atoms with Crippen LogP contribution in [0.1, 0.15) is 19.3 Å². The summed E-state index contributed by atoms with van der Waals surface area (Å²) >= 11 is 0. The Labute approximate surface area is 95.3 Å². The van der Waals surface area contributed by atoms with E-state index < -0.39 is 0 Å². The van der Waals surface area contributed by atoms with Gasteiger partial charge in [0.05, 0.1) is 0 Å². The molecule has 1 aliphatic carbocycles. The maximum absolute atomic E-state index is 9.23. The van der Waals surface area contributed by atoms with Crippen LogP contribution in [0, 0.1) is 5.92 Å². The van der Waals surface area contributed by atoms with Gasteiger partial charge < -0.3 is 15.7 Å². The third-order valence-electron chi connectivity index (χ3n) is 3.11. The number of aliphatic hydroxyl groups excluding tert-OH is 1. The van der Waals surface area contributed by atoms with Crippen molar-refractivity contribution in [1.29, 1.82) is 0 Å². The van der Waals surface area contributed by atoms with Crippen molar-refractivity contribution in [1.82, 2.24) is 9.97 Å². The number of anilines is 2. The molecule has 0 aromatic carbocycles. The van der Waals surface area contributed by atoms with Crippen molar-refractivity contribution in [2.24, 2.45) is 5.92 Å². The molecule has 0 radical (unpaired) electrons. The quantitative estimate of drug-likeness (QED) is 0.711. The van der Waals surface area contributed by atoms with Gasteiger partial charge in [0, 0.05) is 31.8 Å². The molecule has 2 unspecified atom stereocenters. The molecule has 0 saturated heterocycles. The Morgan fingerprint density at radius 1 is 1.50 bits per heavy atom. The normalized spacial score (nSPS) is 24.4. The number of rotatable bonds is 4. The highest BCUT2D eigenvalue weighted by Gasteiger charge is 2.26. The van der Waals surface area contributed by atoms with E-state index in [9.17, 15) is 5.11 Å². The van der Waals surface area contributed by atoms with Crippen LogP contribution in [0.4, 0.5) is 11.8 Å². The van der Waals surface area contributed by atoms with Gasteiger partial charge in [0.25, 0.3) is 0 Å². The van der Waals surface area contributed by atoms with Crippen molar-refractivity contribution in [3.05, 3.63) is 12.3 Å². The van der Waals surface area contributed by atoms with E-state index >= 15 is 0 Å². The Kier molecular flexibility index (Phi) is 3.56. The minimum atomic E-state index is 0.252. The van der Waals surface area contributed by atoms with Gasteiger partial charge in [0.1, 0.15) is 5.82 Å². The standard InChI is InChI=1S/C11H18N4O/c1-12-11-13-6-5-10(15-11)14-9-4-2-3-8(9)7-16/h5-6,8-9,16H,2-4,7H2,1H3,(H2,12,13,14,15). The van der Waals surface area contributed by atoms with Crippen LogP contribution >= 0.6 is 0 Å². The number of hydrogen-bond donors (Lipinski definition) is 3. The summed E-state index contributed by atoms with van der Waals surface area (Å²) in [4.78, 5) is 8.37. The zero-order valence-electron chi connectivity index (χ0n) is 9.48. The summed E-state index contributed by atoms with van der Waals surface area (Å²) in [6, 6.07) is 2.19. The fourth-order valence-corrected chi connectivity index (χ4v) is 2.19. The zero-order chi connectivity index (χ0) is 11.4. The van der Waals surface area contributed by atoms with E-state index in [0.717, 1.165) is 18.7 Å². The molecule has 1 fully saturated rings. The average molecular weight is 222 g/mol. The van der Waals surface area contributed by atoms with E-state index in [1.54, 1.807) is 13.2 Å². The molecule has 0 amide bonds. The lowest BCUT2D eigenvalue weighted by molar-refractivity contribution is 0.222. The molecule has 0 bridgehead atoms. The summed E-state index contributed by atoms with van der Waals surface area (Å²) < 4.78 is 0. The highest BCUT2D eigenvalue weighted by Crippen LogP contribution is 2.27. The number of aromatic nitrogens is 2. The molecule has 1 aromatic rings. The van der Waals surface area contributed by atoms with Gasteiger partial charge in [-0.3, -0.25) is 0 Å². The SMILES string of the molecule is CNc1nccc(NC2CCCC2CO)n1. The van der Waals surface area contributed by atoms with Crippen LogP contribution in [-0.2, 0) is 0 Å². The Morgan fingerprint density at radius 3 is 3.12 bits per heavy atom. The minimum Gasteiger partial charge on any atom is -0.396 e. The minimum absolute atomic E-state index is 0.252. The molecule has 1 aromatic heterocycles. The van der Waals surface area contributed by atoms with Crippen LogP contribution in [0.15, 0.2) is 12.3 Å². The smallest absolute Gasteiger partial charge is 0.224 e. The van der Waals surface area contributed by atoms with Crippen molar-refractivity contribution in [3.63, 3.8) is 0 Å². The molecule has 5 heteroatoms.